The molecule has 0 spiro atoms. The minimum absolute atomic E-state index is 0.103. The topological polar surface area (TPSA) is 63.2 Å². The van der Waals surface area contributed by atoms with Crippen molar-refractivity contribution in [2.75, 3.05) is 24.3 Å². The first-order chi connectivity index (χ1) is 13.1. The van der Waals surface area contributed by atoms with E-state index in [9.17, 15) is 4.79 Å². The third-order valence-corrected chi connectivity index (χ3v) is 5.48. The van der Waals surface area contributed by atoms with Gasteiger partial charge in [0.25, 0.3) is 0 Å². The molecule has 4 rings (SSSR count). The fourth-order valence-electron chi connectivity index (χ4n) is 3.37. The quantitative estimate of drug-likeness (QED) is 0.641. The molecule has 7 heteroatoms. The van der Waals surface area contributed by atoms with E-state index in [4.69, 9.17) is 27.9 Å². The average molecular weight is 402 g/mol. The molecule has 1 aliphatic heterocycles. The monoisotopic (exact) mass is 401 g/mol. The number of carbonyl (C=O) groups excluding carboxylic acids is 1. The number of rotatable bonds is 3. The lowest BCUT2D eigenvalue weighted by Crippen LogP contribution is -2.27. The van der Waals surface area contributed by atoms with E-state index in [1.807, 2.05) is 18.2 Å². The van der Waals surface area contributed by atoms with Crippen molar-refractivity contribution in [3.05, 3.63) is 58.3 Å². The highest BCUT2D eigenvalue weighted by atomic mass is 35.5. The summed E-state index contributed by atoms with van der Waals surface area (Å²) in [5.41, 5.74) is 2.34. The minimum atomic E-state index is -0.322. The second-order valence-electron chi connectivity index (χ2n) is 6.38. The third-order valence-electron chi connectivity index (χ3n) is 4.76. The molecule has 1 unspecified atom stereocenters. The van der Waals surface area contributed by atoms with Gasteiger partial charge < -0.3 is 15.4 Å². The highest BCUT2D eigenvalue weighted by Crippen LogP contribution is 2.38. The summed E-state index contributed by atoms with van der Waals surface area (Å²) in [6, 6.07) is 9.20. The Morgan fingerprint density at radius 2 is 2.04 bits per heavy atom. The molecular weight excluding hydrogens is 385 g/mol. The largest absolute Gasteiger partial charge is 0.497 e. The number of ether oxygens (including phenoxy) is 1. The van der Waals surface area contributed by atoms with E-state index in [1.165, 1.54) is 0 Å². The first kappa shape index (κ1) is 17.9. The lowest BCUT2D eigenvalue weighted by Gasteiger charge is -2.26. The number of aromatic nitrogens is 1. The standard InChI is InChI=1S/C20H17Cl2N3O2/c1-27-12-3-2-11-9-23-10-19(14(11)6-12)25-20(26)13-4-5-24-18-8-17(22)16(21)7-15(13)18/h2-3,6-10,13,24H,4-5H2,1H3,(H,25,26). The zero-order valence-electron chi connectivity index (χ0n) is 14.6. The van der Waals surface area contributed by atoms with E-state index < -0.39 is 0 Å². The number of pyridine rings is 1. The summed E-state index contributed by atoms with van der Waals surface area (Å²) in [5, 5.41) is 9.00. The zero-order valence-corrected chi connectivity index (χ0v) is 16.1. The fraction of sp³-hybridized carbons (Fsp3) is 0.200. The molecule has 138 valence electrons. The number of nitrogens with zero attached hydrogens (tertiary/aromatic N) is 1. The number of nitrogens with one attached hydrogen (secondary N) is 2. The van der Waals surface area contributed by atoms with Crippen molar-refractivity contribution < 1.29 is 9.53 Å². The van der Waals surface area contributed by atoms with E-state index in [0.29, 0.717) is 28.7 Å². The Kier molecular flexibility index (Phi) is 4.81. The Morgan fingerprint density at radius 1 is 1.22 bits per heavy atom. The third kappa shape index (κ3) is 3.40. The van der Waals surface area contributed by atoms with Gasteiger partial charge in [0.2, 0.25) is 5.91 Å². The fourth-order valence-corrected chi connectivity index (χ4v) is 3.71. The molecule has 1 aromatic heterocycles. The second-order valence-corrected chi connectivity index (χ2v) is 7.20. The van der Waals surface area contributed by atoms with Gasteiger partial charge in [-0.3, -0.25) is 9.78 Å². The summed E-state index contributed by atoms with van der Waals surface area (Å²) in [5.74, 6) is 0.294. The van der Waals surface area contributed by atoms with Crippen LogP contribution in [0.4, 0.5) is 11.4 Å². The average Bonchev–Trinajstić information content (AvgIpc) is 2.68. The number of amides is 1. The Bertz CT molecular complexity index is 1040. The van der Waals surface area contributed by atoms with Gasteiger partial charge in [-0.25, -0.2) is 0 Å². The van der Waals surface area contributed by atoms with Crippen LogP contribution in [0.25, 0.3) is 10.8 Å². The van der Waals surface area contributed by atoms with Gasteiger partial charge in [-0.05, 0) is 42.3 Å². The van der Waals surface area contributed by atoms with Gasteiger partial charge in [0, 0.05) is 29.2 Å². The van der Waals surface area contributed by atoms with Crippen molar-refractivity contribution in [1.82, 2.24) is 4.98 Å². The summed E-state index contributed by atoms with van der Waals surface area (Å²) in [4.78, 5) is 17.3. The van der Waals surface area contributed by atoms with Crippen molar-refractivity contribution in [3.63, 3.8) is 0 Å². The molecule has 1 aliphatic rings. The van der Waals surface area contributed by atoms with Gasteiger partial charge in [0.15, 0.2) is 0 Å². The van der Waals surface area contributed by atoms with Crippen LogP contribution in [-0.2, 0) is 4.79 Å². The lowest BCUT2D eigenvalue weighted by molar-refractivity contribution is -0.117. The van der Waals surface area contributed by atoms with Crippen LogP contribution in [0, 0.1) is 0 Å². The molecule has 0 radical (unpaired) electrons. The number of methoxy groups -OCH3 is 1. The molecule has 0 saturated heterocycles. The number of hydrogen-bond acceptors (Lipinski definition) is 4. The van der Waals surface area contributed by atoms with Gasteiger partial charge in [-0.1, -0.05) is 23.2 Å². The number of halogens is 2. The van der Waals surface area contributed by atoms with E-state index in [1.54, 1.807) is 31.6 Å². The van der Waals surface area contributed by atoms with Gasteiger partial charge in [-0.2, -0.15) is 0 Å². The minimum Gasteiger partial charge on any atom is -0.497 e. The van der Waals surface area contributed by atoms with Gasteiger partial charge in [0.05, 0.1) is 35.0 Å². The highest BCUT2D eigenvalue weighted by molar-refractivity contribution is 6.42. The predicted molar refractivity (Wildman–Crippen MR) is 109 cm³/mol. The Balaban J connectivity index is 1.68. The van der Waals surface area contributed by atoms with Crippen LogP contribution in [0.3, 0.4) is 0 Å². The maximum atomic E-state index is 13.1. The molecule has 2 aromatic carbocycles. The Hall–Kier alpha value is -2.50. The van der Waals surface area contributed by atoms with Crippen LogP contribution in [-0.4, -0.2) is 24.5 Å². The molecule has 2 heterocycles. The van der Waals surface area contributed by atoms with Gasteiger partial charge >= 0.3 is 0 Å². The van der Waals surface area contributed by atoms with Crippen molar-refractivity contribution in [2.24, 2.45) is 0 Å². The number of fused-ring (bicyclic) bond motifs is 2. The van der Waals surface area contributed by atoms with Crippen molar-refractivity contribution >= 4 is 51.3 Å². The van der Waals surface area contributed by atoms with E-state index in [0.717, 1.165) is 27.8 Å². The van der Waals surface area contributed by atoms with Crippen LogP contribution in [0.1, 0.15) is 17.9 Å². The molecule has 0 saturated carbocycles. The SMILES string of the molecule is COc1ccc2cncc(NC(=O)C3CCNc4cc(Cl)c(Cl)cc43)c2c1. The molecule has 0 aliphatic carbocycles. The van der Waals surface area contributed by atoms with Crippen molar-refractivity contribution in [1.29, 1.82) is 0 Å². The van der Waals surface area contributed by atoms with Gasteiger partial charge in [0.1, 0.15) is 5.75 Å². The highest BCUT2D eigenvalue weighted by Gasteiger charge is 2.28. The van der Waals surface area contributed by atoms with Gasteiger partial charge in [-0.15, -0.1) is 0 Å². The smallest absolute Gasteiger partial charge is 0.232 e. The summed E-state index contributed by atoms with van der Waals surface area (Å²) in [7, 11) is 1.61. The molecular formula is C20H17Cl2N3O2. The molecule has 1 atom stereocenters. The molecule has 3 aromatic rings. The van der Waals surface area contributed by atoms with Crippen LogP contribution >= 0.6 is 23.2 Å². The lowest BCUT2D eigenvalue weighted by atomic mass is 9.90. The summed E-state index contributed by atoms with van der Waals surface area (Å²) >= 11 is 12.3. The summed E-state index contributed by atoms with van der Waals surface area (Å²) < 4.78 is 5.30. The zero-order chi connectivity index (χ0) is 19.0. The molecule has 2 N–H and O–H groups in total. The normalized spacial score (nSPS) is 15.7. The second kappa shape index (κ2) is 7.25. The molecule has 27 heavy (non-hydrogen) atoms. The molecule has 1 amide bonds. The van der Waals surface area contributed by atoms with Crippen LogP contribution in [0.15, 0.2) is 42.7 Å². The summed E-state index contributed by atoms with van der Waals surface area (Å²) in [6.45, 7) is 0.685. The molecule has 0 bridgehead atoms. The Labute approximate surface area is 166 Å². The Morgan fingerprint density at radius 3 is 2.85 bits per heavy atom. The van der Waals surface area contributed by atoms with Crippen LogP contribution < -0.4 is 15.4 Å². The van der Waals surface area contributed by atoms with Crippen molar-refractivity contribution in [3.8, 4) is 5.75 Å². The van der Waals surface area contributed by atoms with E-state index in [-0.39, 0.29) is 11.8 Å². The first-order valence-electron chi connectivity index (χ1n) is 8.52. The molecule has 0 fully saturated rings. The molecule has 5 nitrogen and oxygen atoms in total. The number of benzene rings is 2. The van der Waals surface area contributed by atoms with Crippen molar-refractivity contribution in [2.45, 2.75) is 12.3 Å². The van der Waals surface area contributed by atoms with E-state index in [2.05, 4.69) is 15.6 Å². The van der Waals surface area contributed by atoms with E-state index >= 15 is 0 Å². The number of hydrogen-bond donors (Lipinski definition) is 2. The first-order valence-corrected chi connectivity index (χ1v) is 9.28. The maximum absolute atomic E-state index is 13.1. The van der Waals surface area contributed by atoms with Crippen LogP contribution in [0.5, 0.6) is 5.75 Å². The number of anilines is 2. The predicted octanol–water partition coefficient (Wildman–Crippen LogP) is 5.09. The van der Waals surface area contributed by atoms with Crippen LogP contribution in [0.2, 0.25) is 10.0 Å². The number of carbonyl (C=O) groups is 1. The summed E-state index contributed by atoms with van der Waals surface area (Å²) in [6.07, 6.45) is 4.07. The maximum Gasteiger partial charge on any atom is 0.232 e.